The summed E-state index contributed by atoms with van der Waals surface area (Å²) in [5.74, 6) is 0.690. The summed E-state index contributed by atoms with van der Waals surface area (Å²) >= 11 is 9.43. The number of hydrogen-bond acceptors (Lipinski definition) is 5. The van der Waals surface area contributed by atoms with Gasteiger partial charge in [-0.25, -0.2) is 9.36 Å². The Morgan fingerprint density at radius 3 is 2.50 bits per heavy atom. The Balaban J connectivity index is 2.17. The molecule has 102 valence electrons. The third-order valence-electron chi connectivity index (χ3n) is 2.69. The van der Waals surface area contributed by atoms with Crippen molar-refractivity contribution in [1.29, 1.82) is 0 Å². The van der Waals surface area contributed by atoms with Crippen molar-refractivity contribution in [2.75, 3.05) is 0 Å². The summed E-state index contributed by atoms with van der Waals surface area (Å²) in [5.41, 5.74) is 1.73. The van der Waals surface area contributed by atoms with E-state index in [4.69, 9.17) is 11.6 Å². The molecule has 3 aromatic rings. The molecule has 0 N–H and O–H groups in total. The molecule has 0 unspecified atom stereocenters. The number of halogens is 2. The number of aromatic nitrogens is 7. The molecule has 9 heteroatoms. The maximum Gasteiger partial charge on any atom is 0.257 e. The van der Waals surface area contributed by atoms with Gasteiger partial charge in [-0.3, -0.25) is 0 Å². The molecule has 3 aromatic heterocycles. The maximum atomic E-state index is 5.96. The molecule has 0 atom stereocenters. The molecule has 20 heavy (non-hydrogen) atoms. The molecule has 0 saturated carbocycles. The van der Waals surface area contributed by atoms with Gasteiger partial charge in [0.2, 0.25) is 5.28 Å². The molecule has 0 aliphatic heterocycles. The highest BCUT2D eigenvalue weighted by Crippen LogP contribution is 2.22. The summed E-state index contributed by atoms with van der Waals surface area (Å²) < 4.78 is 4.03. The first kappa shape index (κ1) is 13.2. The largest absolute Gasteiger partial charge is 0.257 e. The highest BCUT2D eigenvalue weighted by molar-refractivity contribution is 9.10. The number of hydrogen-bond donors (Lipinski definition) is 0. The Bertz CT molecular complexity index is 765. The van der Waals surface area contributed by atoms with E-state index in [1.807, 2.05) is 13.8 Å². The lowest BCUT2D eigenvalue weighted by molar-refractivity contribution is 0.728. The fraction of sp³-hybridized carbons (Fsp3) is 0.182. The molecule has 7 nitrogen and oxygen atoms in total. The van der Waals surface area contributed by atoms with Gasteiger partial charge >= 0.3 is 0 Å². The van der Waals surface area contributed by atoms with Gasteiger partial charge in [-0.05, 0) is 47.4 Å². The van der Waals surface area contributed by atoms with E-state index in [0.717, 1.165) is 15.9 Å². The number of rotatable bonds is 2. The topological polar surface area (TPSA) is 74.3 Å². The standard InChI is InChI=1S/C11H9BrClN7/c1-6-8(12)7(2)20(18-6)11-16-9(13)15-10(17-11)19-5-3-4-14-19/h3-5H,1-2H3. The molecule has 0 radical (unpaired) electrons. The molecule has 0 spiro atoms. The van der Waals surface area contributed by atoms with Gasteiger partial charge in [0, 0.05) is 12.4 Å². The van der Waals surface area contributed by atoms with Gasteiger partial charge in [0.15, 0.2) is 0 Å². The van der Waals surface area contributed by atoms with E-state index in [1.54, 1.807) is 23.1 Å². The van der Waals surface area contributed by atoms with Crippen LogP contribution in [0.2, 0.25) is 5.28 Å². The zero-order valence-corrected chi connectivity index (χ0v) is 13.0. The van der Waals surface area contributed by atoms with Crippen molar-refractivity contribution in [3.8, 4) is 11.9 Å². The van der Waals surface area contributed by atoms with Crippen molar-refractivity contribution < 1.29 is 0 Å². The van der Waals surface area contributed by atoms with Crippen molar-refractivity contribution in [2.45, 2.75) is 13.8 Å². The molecule has 0 fully saturated rings. The first-order valence-electron chi connectivity index (χ1n) is 5.70. The summed E-state index contributed by atoms with van der Waals surface area (Å²) in [7, 11) is 0. The minimum absolute atomic E-state index is 0.0872. The second kappa shape index (κ2) is 4.95. The highest BCUT2D eigenvalue weighted by Gasteiger charge is 2.15. The third-order valence-corrected chi connectivity index (χ3v) is 4.00. The zero-order chi connectivity index (χ0) is 14.3. The molecule has 0 amide bonds. The number of nitrogens with zero attached hydrogens (tertiary/aromatic N) is 7. The second-order valence-corrected chi connectivity index (χ2v) is 5.18. The SMILES string of the molecule is Cc1nn(-c2nc(Cl)nc(-n3cccn3)n2)c(C)c1Br. The van der Waals surface area contributed by atoms with Crippen molar-refractivity contribution in [3.63, 3.8) is 0 Å². The fourth-order valence-electron chi connectivity index (χ4n) is 1.73. The predicted molar refractivity (Wildman–Crippen MR) is 76.3 cm³/mol. The molecule has 0 bridgehead atoms. The lowest BCUT2D eigenvalue weighted by atomic mass is 10.4. The van der Waals surface area contributed by atoms with Gasteiger partial charge in [0.1, 0.15) is 0 Å². The smallest absolute Gasteiger partial charge is 0.206 e. The Hall–Kier alpha value is -1.80. The summed E-state index contributed by atoms with van der Waals surface area (Å²) in [5, 5.41) is 8.53. The highest BCUT2D eigenvalue weighted by atomic mass is 79.9. The van der Waals surface area contributed by atoms with Gasteiger partial charge in [0.25, 0.3) is 11.9 Å². The fourth-order valence-corrected chi connectivity index (χ4v) is 2.13. The van der Waals surface area contributed by atoms with Crippen LogP contribution in [0.1, 0.15) is 11.4 Å². The average Bonchev–Trinajstić information content (AvgIpc) is 3.03. The normalized spacial score (nSPS) is 11.0. The summed E-state index contributed by atoms with van der Waals surface area (Å²) in [6.45, 7) is 3.81. The maximum absolute atomic E-state index is 5.96. The van der Waals surface area contributed by atoms with Crippen LogP contribution >= 0.6 is 27.5 Å². The van der Waals surface area contributed by atoms with Crippen LogP contribution < -0.4 is 0 Å². The van der Waals surface area contributed by atoms with Gasteiger partial charge < -0.3 is 0 Å². The van der Waals surface area contributed by atoms with Crippen molar-refractivity contribution in [3.05, 3.63) is 39.6 Å². The van der Waals surface area contributed by atoms with Crippen LogP contribution in [0.4, 0.5) is 0 Å². The molecule has 0 aliphatic carbocycles. The van der Waals surface area contributed by atoms with Gasteiger partial charge in [0.05, 0.1) is 15.9 Å². The molecule has 0 saturated heterocycles. The third kappa shape index (κ3) is 2.20. The van der Waals surface area contributed by atoms with Gasteiger partial charge in [-0.2, -0.15) is 25.1 Å². The van der Waals surface area contributed by atoms with Crippen LogP contribution in [0.3, 0.4) is 0 Å². The van der Waals surface area contributed by atoms with Crippen LogP contribution in [-0.4, -0.2) is 34.5 Å². The molecular weight excluding hydrogens is 346 g/mol. The average molecular weight is 355 g/mol. The Kier molecular flexibility index (Phi) is 3.27. The van der Waals surface area contributed by atoms with Crippen LogP contribution in [0.15, 0.2) is 22.9 Å². The van der Waals surface area contributed by atoms with Crippen LogP contribution in [0.25, 0.3) is 11.9 Å². The van der Waals surface area contributed by atoms with E-state index in [2.05, 4.69) is 41.1 Å². The summed E-state index contributed by atoms with van der Waals surface area (Å²) in [6, 6.07) is 1.78. The van der Waals surface area contributed by atoms with E-state index in [-0.39, 0.29) is 5.28 Å². The quantitative estimate of drug-likeness (QED) is 0.706. The lowest BCUT2D eigenvalue weighted by Crippen LogP contribution is -2.11. The van der Waals surface area contributed by atoms with Crippen molar-refractivity contribution >= 4 is 27.5 Å². The Morgan fingerprint density at radius 2 is 1.90 bits per heavy atom. The van der Waals surface area contributed by atoms with Crippen molar-refractivity contribution in [2.24, 2.45) is 0 Å². The number of aryl methyl sites for hydroxylation is 1. The first-order chi connectivity index (χ1) is 9.56. The van der Waals surface area contributed by atoms with Crippen LogP contribution in [0, 0.1) is 13.8 Å². The molecule has 0 aliphatic rings. The first-order valence-corrected chi connectivity index (χ1v) is 6.87. The Morgan fingerprint density at radius 1 is 1.15 bits per heavy atom. The lowest BCUT2D eigenvalue weighted by Gasteiger charge is -2.05. The summed E-state index contributed by atoms with van der Waals surface area (Å²) in [6.07, 6.45) is 3.36. The second-order valence-electron chi connectivity index (χ2n) is 4.05. The molecule has 3 heterocycles. The van der Waals surface area contributed by atoms with Gasteiger partial charge in [-0.15, -0.1) is 0 Å². The minimum atomic E-state index is 0.0872. The monoisotopic (exact) mass is 353 g/mol. The molecular formula is C11H9BrClN7. The summed E-state index contributed by atoms with van der Waals surface area (Å²) in [4.78, 5) is 12.5. The predicted octanol–water partition coefficient (Wildman–Crippen LogP) is 2.28. The van der Waals surface area contributed by atoms with E-state index >= 15 is 0 Å². The van der Waals surface area contributed by atoms with E-state index < -0.39 is 0 Å². The van der Waals surface area contributed by atoms with Crippen LogP contribution in [-0.2, 0) is 0 Å². The minimum Gasteiger partial charge on any atom is -0.206 e. The van der Waals surface area contributed by atoms with Crippen molar-refractivity contribution in [1.82, 2.24) is 34.5 Å². The van der Waals surface area contributed by atoms with E-state index in [0.29, 0.717) is 11.9 Å². The zero-order valence-electron chi connectivity index (χ0n) is 10.6. The van der Waals surface area contributed by atoms with E-state index in [9.17, 15) is 0 Å². The molecule has 0 aromatic carbocycles. The molecule has 3 rings (SSSR count). The van der Waals surface area contributed by atoms with Gasteiger partial charge in [-0.1, -0.05) is 0 Å². The van der Waals surface area contributed by atoms with E-state index in [1.165, 1.54) is 4.68 Å². The van der Waals surface area contributed by atoms with Crippen LogP contribution in [0.5, 0.6) is 0 Å². The Labute approximate surface area is 127 Å².